The van der Waals surface area contributed by atoms with Gasteiger partial charge in [-0.3, -0.25) is 14.4 Å². The Labute approximate surface area is 201 Å². The Morgan fingerprint density at radius 3 is 1.85 bits per heavy atom. The molecule has 0 unspecified atom stereocenters. The summed E-state index contributed by atoms with van der Waals surface area (Å²) in [5.41, 5.74) is 3.85. The summed E-state index contributed by atoms with van der Waals surface area (Å²) in [5.74, 6) is 4.82. The first-order valence-electron chi connectivity index (χ1n) is 11.4. The summed E-state index contributed by atoms with van der Waals surface area (Å²) in [5, 5.41) is 0.516. The van der Waals surface area contributed by atoms with Crippen LogP contribution in [0.3, 0.4) is 0 Å². The largest absolute Gasteiger partial charge is 0.331 e. The fraction of sp³-hybridized carbons (Fsp3) is 0.333. The number of para-hydroxylation sites is 1. The van der Waals surface area contributed by atoms with Gasteiger partial charge in [-0.1, -0.05) is 69.9 Å². The van der Waals surface area contributed by atoms with Gasteiger partial charge in [-0.2, -0.15) is 0 Å². The topological polar surface area (TPSA) is 84.0 Å². The van der Waals surface area contributed by atoms with Crippen molar-refractivity contribution in [3.05, 3.63) is 65.2 Å². The van der Waals surface area contributed by atoms with E-state index in [0.717, 1.165) is 29.3 Å². The van der Waals surface area contributed by atoms with Crippen molar-refractivity contribution in [2.45, 2.75) is 60.9 Å². The lowest BCUT2D eigenvalue weighted by atomic mass is 10.0. The molecule has 2 aromatic carbocycles. The van der Waals surface area contributed by atoms with Crippen LogP contribution in [0.4, 0.5) is 5.69 Å². The van der Waals surface area contributed by atoms with E-state index >= 15 is 0 Å². The number of carbonyl (C=O) groups is 4. The van der Waals surface area contributed by atoms with Crippen LogP contribution in [-0.2, 0) is 30.6 Å². The molecule has 2 aliphatic rings. The number of hydroxylamine groups is 2. The summed E-state index contributed by atoms with van der Waals surface area (Å²) in [4.78, 5) is 49.8. The molecule has 3 amide bonds. The van der Waals surface area contributed by atoms with E-state index in [1.165, 1.54) is 0 Å². The molecule has 2 aromatic rings. The number of fused-ring (bicyclic) bond motifs is 2. The Hall–Kier alpha value is -3.92. The zero-order chi connectivity index (χ0) is 25.7. The highest BCUT2D eigenvalue weighted by molar-refractivity contribution is 6.01. The second-order valence-corrected chi connectivity index (χ2v) is 6.69. The molecule has 1 saturated heterocycles. The predicted molar refractivity (Wildman–Crippen MR) is 131 cm³/mol. The molecule has 34 heavy (non-hydrogen) atoms. The number of nitrogens with zero attached hydrogens (tertiary/aromatic N) is 2. The summed E-state index contributed by atoms with van der Waals surface area (Å²) in [7, 11) is 0. The second-order valence-electron chi connectivity index (χ2n) is 6.69. The quantitative estimate of drug-likeness (QED) is 0.454. The Balaban J connectivity index is 0.000000330. The van der Waals surface area contributed by atoms with Gasteiger partial charge < -0.3 is 9.74 Å². The van der Waals surface area contributed by atoms with Crippen molar-refractivity contribution in [1.29, 1.82) is 0 Å². The van der Waals surface area contributed by atoms with Gasteiger partial charge in [0.15, 0.2) is 0 Å². The van der Waals surface area contributed by atoms with Crippen molar-refractivity contribution in [2.75, 3.05) is 4.90 Å². The van der Waals surface area contributed by atoms with Gasteiger partial charge in [0.05, 0.1) is 12.2 Å². The highest BCUT2D eigenvalue weighted by Gasteiger charge is 2.31. The van der Waals surface area contributed by atoms with Crippen LogP contribution in [0, 0.1) is 11.8 Å². The zero-order valence-electron chi connectivity index (χ0n) is 20.7. The Morgan fingerprint density at radius 2 is 1.29 bits per heavy atom. The molecule has 0 atom stereocenters. The third-order valence-electron chi connectivity index (χ3n) is 4.48. The minimum absolute atomic E-state index is 0.0333. The Morgan fingerprint density at radius 1 is 0.794 bits per heavy atom. The predicted octanol–water partition coefficient (Wildman–Crippen LogP) is 4.62. The smallest absolute Gasteiger partial charge is 0.330 e. The minimum atomic E-state index is -0.659. The zero-order valence-corrected chi connectivity index (χ0v) is 20.7. The molecule has 180 valence electrons. The van der Waals surface area contributed by atoms with Gasteiger partial charge in [0.1, 0.15) is 0 Å². The van der Waals surface area contributed by atoms with Crippen LogP contribution in [0.2, 0.25) is 0 Å². The number of hydrogen-bond donors (Lipinski definition) is 0. The summed E-state index contributed by atoms with van der Waals surface area (Å²) in [6.45, 7) is 11.3. The van der Waals surface area contributed by atoms with Gasteiger partial charge in [-0.25, -0.2) is 4.79 Å². The molecule has 0 radical (unpaired) electrons. The fourth-order valence-corrected chi connectivity index (χ4v) is 3.05. The first-order valence-corrected chi connectivity index (χ1v) is 11.4. The van der Waals surface area contributed by atoms with Crippen LogP contribution in [0.15, 0.2) is 48.5 Å². The van der Waals surface area contributed by atoms with Crippen LogP contribution in [0.1, 0.15) is 71.1 Å². The lowest BCUT2D eigenvalue weighted by Gasteiger charge is -2.24. The van der Waals surface area contributed by atoms with Crippen molar-refractivity contribution in [1.82, 2.24) is 5.06 Å². The van der Waals surface area contributed by atoms with Crippen molar-refractivity contribution < 1.29 is 24.0 Å². The molecular formula is C27H32N2O5. The van der Waals surface area contributed by atoms with Gasteiger partial charge in [0, 0.05) is 37.8 Å². The minimum Gasteiger partial charge on any atom is -0.331 e. The maximum atomic E-state index is 11.9. The highest BCUT2D eigenvalue weighted by atomic mass is 16.7. The van der Waals surface area contributed by atoms with E-state index < -0.39 is 17.8 Å². The maximum Gasteiger partial charge on any atom is 0.330 e. The van der Waals surface area contributed by atoms with Gasteiger partial charge in [-0.15, -0.1) is 5.06 Å². The van der Waals surface area contributed by atoms with Gasteiger partial charge in [0.2, 0.25) is 5.91 Å². The van der Waals surface area contributed by atoms with Gasteiger partial charge >= 0.3 is 5.97 Å². The molecule has 0 aliphatic carbocycles. The summed E-state index contributed by atoms with van der Waals surface area (Å²) >= 11 is 0. The van der Waals surface area contributed by atoms with Crippen LogP contribution >= 0.6 is 0 Å². The molecule has 0 N–H and O–H groups in total. The lowest BCUT2D eigenvalue weighted by molar-refractivity contribution is -0.195. The number of hydrogen-bond acceptors (Lipinski definition) is 5. The monoisotopic (exact) mass is 464 g/mol. The average molecular weight is 465 g/mol. The van der Waals surface area contributed by atoms with Crippen molar-refractivity contribution in [2.24, 2.45) is 0 Å². The summed E-state index contributed by atoms with van der Waals surface area (Å²) < 4.78 is 0. The highest BCUT2D eigenvalue weighted by Crippen LogP contribution is 2.25. The maximum absolute atomic E-state index is 11.9. The number of benzene rings is 2. The molecule has 0 aromatic heterocycles. The number of rotatable bonds is 1. The first kappa shape index (κ1) is 28.1. The summed E-state index contributed by atoms with van der Waals surface area (Å²) in [6, 6.07) is 15.7. The lowest BCUT2D eigenvalue weighted by Crippen LogP contribution is -2.30. The molecule has 4 rings (SSSR count). The third kappa shape index (κ3) is 7.59. The summed E-state index contributed by atoms with van der Waals surface area (Å²) in [6.07, 6.45) is 0.262. The number of carbonyl (C=O) groups excluding carboxylic acids is 4. The van der Waals surface area contributed by atoms with E-state index in [0.29, 0.717) is 11.6 Å². The number of anilines is 1. The Kier molecular flexibility index (Phi) is 11.8. The fourth-order valence-electron chi connectivity index (χ4n) is 3.05. The number of imide groups is 1. The van der Waals surface area contributed by atoms with Crippen LogP contribution in [0.25, 0.3) is 0 Å². The van der Waals surface area contributed by atoms with E-state index in [-0.39, 0.29) is 18.7 Å². The Bertz CT molecular complexity index is 1070. The van der Waals surface area contributed by atoms with Crippen LogP contribution in [0.5, 0.6) is 0 Å². The molecule has 0 spiro atoms. The normalized spacial score (nSPS) is 12.9. The molecule has 0 saturated carbocycles. The van der Waals surface area contributed by atoms with Gasteiger partial charge in [0.25, 0.3) is 11.8 Å². The molecule has 1 fully saturated rings. The van der Waals surface area contributed by atoms with E-state index in [1.807, 2.05) is 76.2 Å². The SMILES string of the molecule is CC.CC.CC(=O)N1Cc2ccccc2C#Cc2ccccc21.CC(=O)ON1C(=O)CCC1=O. The average Bonchev–Trinajstić information content (AvgIpc) is 3.15. The van der Waals surface area contributed by atoms with E-state index in [2.05, 4.69) is 16.7 Å². The third-order valence-corrected chi connectivity index (χ3v) is 4.48. The molecule has 7 nitrogen and oxygen atoms in total. The molecule has 0 bridgehead atoms. The van der Waals surface area contributed by atoms with Crippen molar-refractivity contribution >= 4 is 29.4 Å². The standard InChI is InChI=1S/C17H13NO.C6H7NO4.2C2H6/c1-13(19)18-12-16-8-3-2-6-14(16)10-11-15-7-4-5-9-17(15)18;1-4(8)11-7-5(9)2-3-6(7)10;2*1-2/h2-9H,12H2,1H3;2-3H2,1H3;2*1-2H3. The molecule has 2 heterocycles. The number of amides is 3. The van der Waals surface area contributed by atoms with Gasteiger partial charge in [-0.05, 0) is 23.8 Å². The second kappa shape index (κ2) is 14.3. The van der Waals surface area contributed by atoms with Crippen molar-refractivity contribution in [3.8, 4) is 11.8 Å². The van der Waals surface area contributed by atoms with Crippen LogP contribution < -0.4 is 4.90 Å². The first-order chi connectivity index (χ1) is 16.4. The van der Waals surface area contributed by atoms with Crippen LogP contribution in [-0.4, -0.2) is 28.8 Å². The van der Waals surface area contributed by atoms with Crippen molar-refractivity contribution in [3.63, 3.8) is 0 Å². The van der Waals surface area contributed by atoms with E-state index in [4.69, 9.17) is 0 Å². The molecular weight excluding hydrogens is 432 g/mol. The van der Waals surface area contributed by atoms with E-state index in [9.17, 15) is 19.2 Å². The molecule has 7 heteroatoms. The van der Waals surface area contributed by atoms with E-state index in [1.54, 1.807) is 11.8 Å². The molecule has 2 aliphatic heterocycles.